The molecule has 0 amide bonds. The summed E-state index contributed by atoms with van der Waals surface area (Å²) in [5.74, 6) is -0.326. The van der Waals surface area contributed by atoms with Crippen LogP contribution in [0.5, 0.6) is 5.75 Å². The summed E-state index contributed by atoms with van der Waals surface area (Å²) in [6, 6.07) is 20.1. The molecule has 2 aromatic heterocycles. The maximum atomic E-state index is 12.8. The lowest BCUT2D eigenvalue weighted by Gasteiger charge is -2.37. The Kier molecular flexibility index (Phi) is 10.0. The molecule has 0 saturated carbocycles. The summed E-state index contributed by atoms with van der Waals surface area (Å²) in [6.07, 6.45) is 6.75. The van der Waals surface area contributed by atoms with E-state index in [1.807, 2.05) is 50.2 Å². The van der Waals surface area contributed by atoms with E-state index in [0.717, 1.165) is 61.0 Å². The standard InChI is InChI=1S/C34H41N9O4/c1-3-26(2)43-33(44)42(25-39-43)30-8-6-28(7-9-30)40-17-19-41(20-18-40)29-10-12-31(13-11-29)45-22-32-23-46-34(47-32,24-38-37-16-14-35)27-5-4-15-36-21-27/h4-15,21,25-26,32,35H,3,16-20,22-24H2,1-2H3. The summed E-state index contributed by atoms with van der Waals surface area (Å²) in [6.45, 7) is 8.67. The van der Waals surface area contributed by atoms with Gasteiger partial charge in [-0.1, -0.05) is 13.0 Å². The summed E-state index contributed by atoms with van der Waals surface area (Å²) in [5.41, 5.74) is 3.75. The maximum Gasteiger partial charge on any atom is 0.350 e. The van der Waals surface area contributed by atoms with E-state index in [-0.39, 0.29) is 30.9 Å². The third-order valence-electron chi connectivity index (χ3n) is 8.62. The smallest absolute Gasteiger partial charge is 0.350 e. The Bertz CT molecular complexity index is 1680. The number of hydrogen-bond acceptors (Lipinski definition) is 11. The van der Waals surface area contributed by atoms with Gasteiger partial charge in [-0.3, -0.25) is 4.98 Å². The van der Waals surface area contributed by atoms with E-state index in [4.69, 9.17) is 19.6 Å². The van der Waals surface area contributed by atoms with Crippen molar-refractivity contribution < 1.29 is 14.2 Å². The van der Waals surface area contributed by atoms with E-state index >= 15 is 0 Å². The zero-order valence-electron chi connectivity index (χ0n) is 26.8. The molecular weight excluding hydrogens is 598 g/mol. The van der Waals surface area contributed by atoms with Crippen molar-refractivity contribution in [2.24, 2.45) is 10.2 Å². The molecule has 1 N–H and O–H groups in total. The number of nitrogens with zero attached hydrogens (tertiary/aromatic N) is 8. The number of azo groups is 1. The van der Waals surface area contributed by atoms with E-state index in [1.165, 1.54) is 10.9 Å². The van der Waals surface area contributed by atoms with Crippen LogP contribution in [0.1, 0.15) is 31.9 Å². The number of benzene rings is 2. The van der Waals surface area contributed by atoms with Gasteiger partial charge in [-0.05, 0) is 67.9 Å². The Hall–Kier alpha value is -4.88. The summed E-state index contributed by atoms with van der Waals surface area (Å²) in [7, 11) is 0. The van der Waals surface area contributed by atoms with Crippen LogP contribution in [0.3, 0.4) is 0 Å². The van der Waals surface area contributed by atoms with Crippen molar-refractivity contribution in [2.75, 3.05) is 62.3 Å². The Labute approximate surface area is 273 Å². The molecule has 13 heteroatoms. The molecule has 6 rings (SSSR count). The molecular formula is C34H41N9O4. The van der Waals surface area contributed by atoms with Crippen molar-refractivity contribution in [3.05, 3.63) is 95.4 Å². The predicted molar refractivity (Wildman–Crippen MR) is 179 cm³/mol. The lowest BCUT2D eigenvalue weighted by Crippen LogP contribution is -2.46. The van der Waals surface area contributed by atoms with E-state index < -0.39 is 5.79 Å². The number of nitrogens with one attached hydrogen (secondary N) is 1. The van der Waals surface area contributed by atoms with E-state index in [1.54, 1.807) is 23.3 Å². The van der Waals surface area contributed by atoms with Gasteiger partial charge >= 0.3 is 5.69 Å². The van der Waals surface area contributed by atoms with Crippen molar-refractivity contribution in [3.63, 3.8) is 0 Å². The van der Waals surface area contributed by atoms with Crippen molar-refractivity contribution in [1.29, 1.82) is 5.41 Å². The first-order valence-electron chi connectivity index (χ1n) is 16.0. The molecule has 2 aliphatic rings. The first-order valence-corrected chi connectivity index (χ1v) is 16.0. The Morgan fingerprint density at radius 3 is 2.34 bits per heavy atom. The van der Waals surface area contributed by atoms with Crippen LogP contribution in [0.25, 0.3) is 5.69 Å². The largest absolute Gasteiger partial charge is 0.491 e. The van der Waals surface area contributed by atoms with Gasteiger partial charge in [0.05, 0.1) is 24.9 Å². The SMILES string of the molecule is CCC(C)n1ncn(-c2ccc(N3CCN(c4ccc(OCC5COC(CN=NCC=N)(c6cccnc6)O5)cc4)CC3)cc2)c1=O. The average Bonchev–Trinajstić information content (AvgIpc) is 3.73. The predicted octanol–water partition coefficient (Wildman–Crippen LogP) is 4.48. The number of aromatic nitrogens is 4. The molecule has 2 saturated heterocycles. The van der Waals surface area contributed by atoms with Crippen LogP contribution < -0.4 is 20.2 Å². The zero-order valence-corrected chi connectivity index (χ0v) is 26.8. The quantitative estimate of drug-likeness (QED) is 0.167. The highest BCUT2D eigenvalue weighted by molar-refractivity contribution is 5.55. The molecule has 4 aromatic rings. The van der Waals surface area contributed by atoms with Crippen LogP contribution in [0, 0.1) is 5.41 Å². The fourth-order valence-electron chi connectivity index (χ4n) is 5.76. The van der Waals surface area contributed by atoms with Crippen LogP contribution in [0.2, 0.25) is 0 Å². The van der Waals surface area contributed by atoms with Gasteiger partial charge in [0.15, 0.2) is 0 Å². The molecule has 0 bridgehead atoms. The Morgan fingerprint density at radius 1 is 1.02 bits per heavy atom. The van der Waals surface area contributed by atoms with Crippen molar-refractivity contribution in [1.82, 2.24) is 19.3 Å². The molecule has 2 aliphatic heterocycles. The van der Waals surface area contributed by atoms with Gasteiger partial charge in [-0.15, -0.1) is 0 Å². The molecule has 47 heavy (non-hydrogen) atoms. The number of ether oxygens (including phenoxy) is 3. The monoisotopic (exact) mass is 639 g/mol. The normalized spacial score (nSPS) is 20.5. The van der Waals surface area contributed by atoms with Gasteiger partial charge < -0.3 is 29.4 Å². The third-order valence-corrected chi connectivity index (χ3v) is 8.62. The van der Waals surface area contributed by atoms with Crippen LogP contribution in [0.15, 0.2) is 94.4 Å². The van der Waals surface area contributed by atoms with Crippen molar-refractivity contribution >= 4 is 17.6 Å². The minimum atomic E-state index is -1.08. The fraction of sp³-hybridized carbons (Fsp3) is 0.412. The first-order chi connectivity index (χ1) is 23.0. The molecule has 3 unspecified atom stereocenters. The number of piperazine rings is 1. The lowest BCUT2D eigenvalue weighted by atomic mass is 10.1. The second-order valence-electron chi connectivity index (χ2n) is 11.7. The highest BCUT2D eigenvalue weighted by atomic mass is 16.8. The molecule has 3 atom stereocenters. The van der Waals surface area contributed by atoms with Gasteiger partial charge in [0.1, 0.15) is 31.3 Å². The zero-order chi connectivity index (χ0) is 32.6. The van der Waals surface area contributed by atoms with E-state index in [2.05, 4.69) is 54.4 Å². The summed E-state index contributed by atoms with van der Waals surface area (Å²) in [4.78, 5) is 21.7. The van der Waals surface area contributed by atoms with E-state index in [0.29, 0.717) is 13.2 Å². The molecule has 0 aliphatic carbocycles. The molecule has 2 fully saturated rings. The molecule has 2 aromatic carbocycles. The number of rotatable bonds is 13. The van der Waals surface area contributed by atoms with Gasteiger partial charge in [0.25, 0.3) is 0 Å². The Morgan fingerprint density at radius 2 is 1.70 bits per heavy atom. The van der Waals surface area contributed by atoms with Crippen LogP contribution >= 0.6 is 0 Å². The lowest BCUT2D eigenvalue weighted by molar-refractivity contribution is -0.171. The second kappa shape index (κ2) is 14.7. The third kappa shape index (κ3) is 7.26. The second-order valence-corrected chi connectivity index (χ2v) is 11.7. The van der Waals surface area contributed by atoms with Crippen LogP contribution in [-0.2, 0) is 15.3 Å². The molecule has 0 spiro atoms. The number of hydrogen-bond donors (Lipinski definition) is 1. The maximum absolute atomic E-state index is 12.8. The Balaban J connectivity index is 0.996. The highest BCUT2D eigenvalue weighted by Gasteiger charge is 2.44. The highest BCUT2D eigenvalue weighted by Crippen LogP contribution is 2.35. The van der Waals surface area contributed by atoms with Gasteiger partial charge in [-0.25, -0.2) is 14.0 Å². The van der Waals surface area contributed by atoms with Crippen molar-refractivity contribution in [2.45, 2.75) is 38.2 Å². The first kappa shape index (κ1) is 32.1. The van der Waals surface area contributed by atoms with E-state index in [9.17, 15) is 4.79 Å². The minimum absolute atomic E-state index is 0.0672. The number of pyridine rings is 1. The van der Waals surface area contributed by atoms with Crippen LogP contribution in [-0.4, -0.2) is 84.1 Å². The fourth-order valence-corrected chi connectivity index (χ4v) is 5.76. The van der Waals surface area contributed by atoms with Gasteiger partial charge in [0, 0.05) is 61.7 Å². The molecule has 0 radical (unpaired) electrons. The van der Waals surface area contributed by atoms with Crippen molar-refractivity contribution in [3.8, 4) is 11.4 Å². The summed E-state index contributed by atoms with van der Waals surface area (Å²) >= 11 is 0. The average molecular weight is 640 g/mol. The number of anilines is 2. The molecule has 4 heterocycles. The van der Waals surface area contributed by atoms with Crippen LogP contribution in [0.4, 0.5) is 11.4 Å². The summed E-state index contributed by atoms with van der Waals surface area (Å²) in [5, 5.41) is 19.6. The molecule has 246 valence electrons. The minimum Gasteiger partial charge on any atom is -0.491 e. The topological polar surface area (TPSA) is 135 Å². The summed E-state index contributed by atoms with van der Waals surface area (Å²) < 4.78 is 21.7. The molecule has 13 nitrogen and oxygen atoms in total. The van der Waals surface area contributed by atoms with Gasteiger partial charge in [-0.2, -0.15) is 15.3 Å². The van der Waals surface area contributed by atoms with Gasteiger partial charge in [0.2, 0.25) is 5.79 Å².